The Balaban J connectivity index is 1.22. The lowest BCUT2D eigenvalue weighted by Crippen LogP contribution is -2.20. The number of nitrogens with two attached hydrogens (primary N) is 1. The van der Waals surface area contributed by atoms with E-state index in [9.17, 15) is 27.6 Å². The highest BCUT2D eigenvalue weighted by atomic mass is 19.4. The molecular formula is C33H26F3N9O3. The van der Waals surface area contributed by atoms with Gasteiger partial charge in [-0.1, -0.05) is 6.07 Å². The maximum absolute atomic E-state index is 13.7. The Morgan fingerprint density at radius 2 is 1.58 bits per heavy atom. The molecule has 0 spiro atoms. The number of rotatable bonds is 7. The first-order valence-electron chi connectivity index (χ1n) is 14.3. The number of carbonyl (C=O) groups is 3. The van der Waals surface area contributed by atoms with Crippen molar-refractivity contribution >= 4 is 51.8 Å². The molecule has 15 heteroatoms. The fourth-order valence-electron chi connectivity index (χ4n) is 4.90. The van der Waals surface area contributed by atoms with E-state index in [1.807, 2.05) is 0 Å². The molecule has 5 N–H and O–H groups in total. The van der Waals surface area contributed by atoms with Crippen LogP contribution in [-0.2, 0) is 6.18 Å². The molecule has 0 aliphatic rings. The summed E-state index contributed by atoms with van der Waals surface area (Å²) in [7, 11) is 0. The molecule has 0 fully saturated rings. The summed E-state index contributed by atoms with van der Waals surface area (Å²) in [6, 6.07) is 15.3. The van der Waals surface area contributed by atoms with Crippen molar-refractivity contribution in [1.29, 1.82) is 0 Å². The first-order chi connectivity index (χ1) is 22.9. The number of benzene rings is 3. The second kappa shape index (κ2) is 12.4. The highest BCUT2D eigenvalue weighted by Gasteiger charge is 2.32. The quantitative estimate of drug-likeness (QED) is 0.154. The van der Waals surface area contributed by atoms with E-state index in [1.165, 1.54) is 40.1 Å². The van der Waals surface area contributed by atoms with Gasteiger partial charge in [0, 0.05) is 46.3 Å². The van der Waals surface area contributed by atoms with E-state index < -0.39 is 29.6 Å². The molecule has 12 nitrogen and oxygen atoms in total. The van der Waals surface area contributed by atoms with Gasteiger partial charge in [0.2, 0.25) is 5.91 Å². The van der Waals surface area contributed by atoms with Crippen molar-refractivity contribution in [3.63, 3.8) is 0 Å². The fraction of sp³-hybridized carbons (Fsp3) is 0.0909. The number of aryl methyl sites for hydroxylation is 2. The van der Waals surface area contributed by atoms with E-state index in [2.05, 4.69) is 30.9 Å². The van der Waals surface area contributed by atoms with Crippen LogP contribution in [0.4, 0.5) is 40.8 Å². The van der Waals surface area contributed by atoms with E-state index in [4.69, 9.17) is 5.73 Å². The van der Waals surface area contributed by atoms with E-state index >= 15 is 0 Å². The van der Waals surface area contributed by atoms with Crippen LogP contribution in [0.1, 0.15) is 37.5 Å². The van der Waals surface area contributed by atoms with Crippen LogP contribution in [0.25, 0.3) is 16.7 Å². The van der Waals surface area contributed by atoms with Crippen molar-refractivity contribution in [1.82, 2.24) is 24.1 Å². The molecule has 0 atom stereocenters. The highest BCUT2D eigenvalue weighted by molar-refractivity contribution is 6.06. The van der Waals surface area contributed by atoms with Gasteiger partial charge in [0.15, 0.2) is 5.65 Å². The topological polar surface area (TPSA) is 162 Å². The molecule has 0 bridgehead atoms. The van der Waals surface area contributed by atoms with Crippen molar-refractivity contribution < 1.29 is 27.6 Å². The van der Waals surface area contributed by atoms with Gasteiger partial charge in [-0.25, -0.2) is 19.7 Å². The van der Waals surface area contributed by atoms with Crippen LogP contribution < -0.4 is 21.7 Å². The number of halogens is 3. The van der Waals surface area contributed by atoms with Gasteiger partial charge >= 0.3 is 12.2 Å². The maximum Gasteiger partial charge on any atom is 0.416 e. The first-order valence-corrected chi connectivity index (χ1v) is 14.3. The number of hydrogen-bond donors (Lipinski definition) is 4. The SMILES string of the molecule is Cc1cn(-c2cc(C(=O)Nc3ccc(C)c(NC(=O)n4ccc5c(Nc6ccc(C(N)=O)cc6)ncnc54)c3)cc(C(F)(F)F)c2)cn1. The molecule has 6 rings (SSSR count). The molecule has 0 radical (unpaired) electrons. The summed E-state index contributed by atoms with van der Waals surface area (Å²) < 4.78 is 43.9. The lowest BCUT2D eigenvalue weighted by atomic mass is 10.1. The molecule has 3 aromatic carbocycles. The number of carbonyl (C=O) groups excluding carboxylic acids is 3. The molecule has 0 aliphatic heterocycles. The Labute approximate surface area is 270 Å². The summed E-state index contributed by atoms with van der Waals surface area (Å²) in [5.41, 5.74) is 7.34. The van der Waals surface area contributed by atoms with Gasteiger partial charge in [-0.3, -0.25) is 14.2 Å². The number of imidazole rings is 1. The number of nitrogens with one attached hydrogen (secondary N) is 3. The number of alkyl halides is 3. The third-order valence-electron chi connectivity index (χ3n) is 7.39. The number of primary amides is 1. The molecule has 6 aromatic rings. The molecule has 3 aromatic heterocycles. The Bertz CT molecular complexity index is 2210. The minimum absolute atomic E-state index is 0.120. The Morgan fingerprint density at radius 1 is 0.833 bits per heavy atom. The highest BCUT2D eigenvalue weighted by Crippen LogP contribution is 2.32. The van der Waals surface area contributed by atoms with Crippen molar-refractivity contribution in [2.45, 2.75) is 20.0 Å². The van der Waals surface area contributed by atoms with Crippen molar-refractivity contribution in [2.24, 2.45) is 5.73 Å². The predicted octanol–water partition coefficient (Wildman–Crippen LogP) is 6.43. The van der Waals surface area contributed by atoms with Crippen LogP contribution in [0.2, 0.25) is 0 Å². The minimum atomic E-state index is -4.69. The zero-order valence-corrected chi connectivity index (χ0v) is 25.3. The summed E-state index contributed by atoms with van der Waals surface area (Å²) in [4.78, 5) is 50.6. The number of hydrogen-bond acceptors (Lipinski definition) is 7. The molecule has 3 amide bonds. The van der Waals surface area contributed by atoms with Crippen LogP contribution in [0.15, 0.2) is 91.8 Å². The molecule has 0 saturated heterocycles. The average Bonchev–Trinajstić information content (AvgIpc) is 3.69. The standard InChI is InChI=1S/C33H26F3N9O3/c1-18-3-6-24(42-31(47)21-11-22(33(34,35)36)13-25(12-21)44-15-19(2)40-17-44)14-27(18)43-32(48)45-10-9-26-29(38-16-39-30(26)45)41-23-7-4-20(5-8-23)28(37)46/h3-17H,1-2H3,(H2,37,46)(H,42,47)(H,43,48)(H,38,39,41). The average molecular weight is 654 g/mol. The van der Waals surface area contributed by atoms with Crippen LogP contribution in [0.3, 0.4) is 0 Å². The van der Waals surface area contributed by atoms with Crippen molar-refractivity contribution in [3.05, 3.63) is 120 Å². The van der Waals surface area contributed by atoms with E-state index in [1.54, 1.807) is 62.5 Å². The van der Waals surface area contributed by atoms with E-state index in [0.717, 1.165) is 12.1 Å². The summed E-state index contributed by atoms with van der Waals surface area (Å²) in [6.07, 6.45) is 1.04. The van der Waals surface area contributed by atoms with Crippen molar-refractivity contribution in [2.75, 3.05) is 16.0 Å². The number of anilines is 4. The van der Waals surface area contributed by atoms with Gasteiger partial charge < -0.3 is 26.3 Å². The van der Waals surface area contributed by atoms with Gasteiger partial charge in [0.25, 0.3) is 5.91 Å². The van der Waals surface area contributed by atoms with Crippen LogP contribution in [-0.4, -0.2) is 41.9 Å². The number of aromatic nitrogens is 5. The maximum atomic E-state index is 13.7. The molecule has 0 aliphatic carbocycles. The van der Waals surface area contributed by atoms with Crippen LogP contribution in [0.5, 0.6) is 0 Å². The lowest BCUT2D eigenvalue weighted by Gasteiger charge is -2.14. The second-order valence-electron chi connectivity index (χ2n) is 10.8. The second-order valence-corrected chi connectivity index (χ2v) is 10.8. The molecule has 0 saturated carbocycles. The third kappa shape index (κ3) is 6.55. The van der Waals surface area contributed by atoms with Crippen LogP contribution >= 0.6 is 0 Å². The van der Waals surface area contributed by atoms with E-state index in [-0.39, 0.29) is 16.9 Å². The summed E-state index contributed by atoms with van der Waals surface area (Å²) in [6.45, 7) is 3.44. The first kappa shape index (κ1) is 31.5. The Hall–Kier alpha value is -6.51. The minimum Gasteiger partial charge on any atom is -0.366 e. The summed E-state index contributed by atoms with van der Waals surface area (Å²) in [5.74, 6) is -0.916. The number of fused-ring (bicyclic) bond motifs is 1. The van der Waals surface area contributed by atoms with Gasteiger partial charge in [-0.05, 0) is 80.1 Å². The number of amides is 3. The van der Waals surface area contributed by atoms with Gasteiger partial charge in [-0.2, -0.15) is 13.2 Å². The summed E-state index contributed by atoms with van der Waals surface area (Å²) >= 11 is 0. The normalized spacial score (nSPS) is 11.4. The predicted molar refractivity (Wildman–Crippen MR) is 173 cm³/mol. The van der Waals surface area contributed by atoms with Crippen molar-refractivity contribution in [3.8, 4) is 5.69 Å². The monoisotopic (exact) mass is 653 g/mol. The fourth-order valence-corrected chi connectivity index (χ4v) is 4.90. The molecular weight excluding hydrogens is 627 g/mol. The Kier molecular flexibility index (Phi) is 8.10. The smallest absolute Gasteiger partial charge is 0.366 e. The Morgan fingerprint density at radius 3 is 2.27 bits per heavy atom. The van der Waals surface area contributed by atoms with Crippen LogP contribution in [0, 0.1) is 13.8 Å². The summed E-state index contributed by atoms with van der Waals surface area (Å²) in [5, 5.41) is 9.09. The van der Waals surface area contributed by atoms with Gasteiger partial charge in [-0.15, -0.1) is 0 Å². The van der Waals surface area contributed by atoms with Gasteiger partial charge in [0.05, 0.1) is 23.0 Å². The third-order valence-corrected chi connectivity index (χ3v) is 7.39. The molecule has 3 heterocycles. The zero-order chi connectivity index (χ0) is 34.2. The van der Waals surface area contributed by atoms with E-state index in [0.29, 0.717) is 45.0 Å². The zero-order valence-electron chi connectivity index (χ0n) is 25.3. The molecule has 242 valence electrons. The lowest BCUT2D eigenvalue weighted by molar-refractivity contribution is -0.137. The number of nitrogens with zero attached hydrogens (tertiary/aromatic N) is 5. The molecule has 48 heavy (non-hydrogen) atoms. The van der Waals surface area contributed by atoms with Gasteiger partial charge in [0.1, 0.15) is 12.1 Å². The molecule has 0 unspecified atom stereocenters. The largest absolute Gasteiger partial charge is 0.416 e.